The topological polar surface area (TPSA) is 40.5 Å². The predicted molar refractivity (Wildman–Crippen MR) is 91.1 cm³/mol. The van der Waals surface area contributed by atoms with Gasteiger partial charge in [0.05, 0.1) is 18.6 Å². The Balaban J connectivity index is 1.73. The zero-order valence-corrected chi connectivity index (χ0v) is 13.9. The molecule has 2 atom stereocenters. The van der Waals surface area contributed by atoms with Crippen molar-refractivity contribution in [3.8, 4) is 0 Å². The van der Waals surface area contributed by atoms with E-state index in [4.69, 9.17) is 11.6 Å². The average Bonchev–Trinajstić information content (AvgIpc) is 3.04. The van der Waals surface area contributed by atoms with E-state index in [1.54, 1.807) is 11.0 Å². The van der Waals surface area contributed by atoms with Crippen molar-refractivity contribution in [2.45, 2.75) is 31.4 Å². The molecule has 2 aromatic rings. The number of halogens is 2. The average molecular weight is 348 g/mol. The second kappa shape index (κ2) is 7.32. The number of rotatable bonds is 4. The van der Waals surface area contributed by atoms with Crippen LogP contribution in [0.3, 0.4) is 0 Å². The summed E-state index contributed by atoms with van der Waals surface area (Å²) in [4.78, 5) is 14.4. The number of aliphatic hydroxyl groups excluding tert-OH is 1. The molecule has 0 radical (unpaired) electrons. The number of amides is 1. The summed E-state index contributed by atoms with van der Waals surface area (Å²) < 4.78 is 13.3. The largest absolute Gasteiger partial charge is 0.388 e. The fourth-order valence-electron chi connectivity index (χ4n) is 3.25. The molecule has 126 valence electrons. The molecule has 2 unspecified atom stereocenters. The van der Waals surface area contributed by atoms with Gasteiger partial charge in [0.1, 0.15) is 5.82 Å². The van der Waals surface area contributed by atoms with Gasteiger partial charge in [-0.3, -0.25) is 4.79 Å². The van der Waals surface area contributed by atoms with Gasteiger partial charge in [-0.2, -0.15) is 0 Å². The van der Waals surface area contributed by atoms with Crippen LogP contribution in [0.5, 0.6) is 0 Å². The van der Waals surface area contributed by atoms with E-state index >= 15 is 0 Å². The number of carbonyl (C=O) groups excluding carboxylic acids is 1. The van der Waals surface area contributed by atoms with E-state index in [0.717, 1.165) is 18.4 Å². The van der Waals surface area contributed by atoms with Crippen LogP contribution in [0.4, 0.5) is 4.39 Å². The normalized spacial score (nSPS) is 18.6. The van der Waals surface area contributed by atoms with E-state index in [-0.39, 0.29) is 18.4 Å². The first-order chi connectivity index (χ1) is 11.6. The minimum Gasteiger partial charge on any atom is -0.388 e. The van der Waals surface area contributed by atoms with Gasteiger partial charge in [0, 0.05) is 11.6 Å². The molecule has 0 bridgehead atoms. The Labute approximate surface area is 145 Å². The van der Waals surface area contributed by atoms with Crippen LogP contribution < -0.4 is 0 Å². The molecule has 1 aliphatic heterocycles. The highest BCUT2D eigenvalue weighted by Gasteiger charge is 2.32. The fraction of sp³-hybridized carbons (Fsp3) is 0.316. The van der Waals surface area contributed by atoms with E-state index in [0.29, 0.717) is 17.1 Å². The number of benzene rings is 2. The van der Waals surface area contributed by atoms with Crippen molar-refractivity contribution in [1.29, 1.82) is 0 Å². The number of hydrogen-bond donors (Lipinski definition) is 1. The molecule has 1 saturated heterocycles. The van der Waals surface area contributed by atoms with E-state index < -0.39 is 11.9 Å². The molecular weight excluding hydrogens is 329 g/mol. The van der Waals surface area contributed by atoms with Crippen LogP contribution in [0.15, 0.2) is 48.5 Å². The van der Waals surface area contributed by atoms with Gasteiger partial charge >= 0.3 is 0 Å². The summed E-state index contributed by atoms with van der Waals surface area (Å²) in [5.41, 5.74) is 1.35. The van der Waals surface area contributed by atoms with Crippen molar-refractivity contribution >= 4 is 17.5 Å². The lowest BCUT2D eigenvalue weighted by Gasteiger charge is -2.27. The summed E-state index contributed by atoms with van der Waals surface area (Å²) in [5.74, 6) is -0.566. The molecule has 3 nitrogen and oxygen atoms in total. The number of aliphatic hydroxyl groups is 1. The SMILES string of the molecule is O=C(CC(O)c1cccc(F)c1)N1CCCC1c1ccccc1Cl. The number of nitrogens with zero attached hydrogens (tertiary/aromatic N) is 1. The van der Waals surface area contributed by atoms with E-state index in [1.807, 2.05) is 24.3 Å². The van der Waals surface area contributed by atoms with Crippen molar-refractivity contribution in [2.75, 3.05) is 6.54 Å². The van der Waals surface area contributed by atoms with Crippen molar-refractivity contribution in [3.63, 3.8) is 0 Å². The van der Waals surface area contributed by atoms with E-state index in [9.17, 15) is 14.3 Å². The van der Waals surface area contributed by atoms with Gasteiger partial charge in [0.15, 0.2) is 0 Å². The Morgan fingerprint density at radius 1 is 1.29 bits per heavy atom. The first-order valence-electron chi connectivity index (χ1n) is 8.03. The van der Waals surface area contributed by atoms with Crippen LogP contribution in [0.1, 0.15) is 42.5 Å². The maximum atomic E-state index is 13.3. The Bertz CT molecular complexity index is 737. The lowest BCUT2D eigenvalue weighted by molar-refractivity contribution is -0.134. The standard InChI is InChI=1S/C19H19ClFNO2/c20-16-8-2-1-7-15(16)17-9-4-10-22(17)19(24)12-18(23)13-5-3-6-14(21)11-13/h1-3,5-8,11,17-18,23H,4,9-10,12H2. The lowest BCUT2D eigenvalue weighted by Crippen LogP contribution is -2.31. The Morgan fingerprint density at radius 2 is 2.08 bits per heavy atom. The Kier molecular flexibility index (Phi) is 5.17. The quantitative estimate of drug-likeness (QED) is 0.897. The number of hydrogen-bond acceptors (Lipinski definition) is 2. The predicted octanol–water partition coefficient (Wildman–Crippen LogP) is 4.27. The van der Waals surface area contributed by atoms with Crippen LogP contribution in [-0.2, 0) is 4.79 Å². The molecule has 1 heterocycles. The van der Waals surface area contributed by atoms with Gasteiger partial charge in [-0.25, -0.2) is 4.39 Å². The van der Waals surface area contributed by atoms with Gasteiger partial charge in [-0.15, -0.1) is 0 Å². The lowest BCUT2D eigenvalue weighted by atomic mass is 10.0. The second-order valence-corrected chi connectivity index (χ2v) is 6.45. The molecule has 24 heavy (non-hydrogen) atoms. The van der Waals surface area contributed by atoms with Crippen molar-refractivity contribution < 1.29 is 14.3 Å². The van der Waals surface area contributed by atoms with Crippen LogP contribution in [0.2, 0.25) is 5.02 Å². The van der Waals surface area contributed by atoms with Crippen LogP contribution in [-0.4, -0.2) is 22.5 Å². The number of likely N-dealkylation sites (tertiary alicyclic amines) is 1. The van der Waals surface area contributed by atoms with Crippen molar-refractivity contribution in [2.24, 2.45) is 0 Å². The molecule has 5 heteroatoms. The minimum absolute atomic E-state index is 0.0640. The van der Waals surface area contributed by atoms with Crippen LogP contribution in [0, 0.1) is 5.82 Å². The molecule has 0 saturated carbocycles. The molecule has 3 rings (SSSR count). The molecule has 1 amide bonds. The summed E-state index contributed by atoms with van der Waals surface area (Å²) >= 11 is 6.26. The maximum Gasteiger partial charge on any atom is 0.226 e. The highest BCUT2D eigenvalue weighted by Crippen LogP contribution is 2.36. The van der Waals surface area contributed by atoms with Gasteiger partial charge in [-0.1, -0.05) is 41.9 Å². The maximum absolute atomic E-state index is 13.3. The van der Waals surface area contributed by atoms with E-state index in [1.165, 1.54) is 18.2 Å². The van der Waals surface area contributed by atoms with Gasteiger partial charge < -0.3 is 10.0 Å². The summed E-state index contributed by atoms with van der Waals surface area (Å²) in [6, 6.07) is 13.2. The van der Waals surface area contributed by atoms with Gasteiger partial charge in [-0.05, 0) is 42.2 Å². The zero-order valence-electron chi connectivity index (χ0n) is 13.2. The van der Waals surface area contributed by atoms with Gasteiger partial charge in [0.25, 0.3) is 0 Å². The molecule has 0 aromatic heterocycles. The highest BCUT2D eigenvalue weighted by molar-refractivity contribution is 6.31. The van der Waals surface area contributed by atoms with Crippen molar-refractivity contribution in [3.05, 3.63) is 70.5 Å². The summed E-state index contributed by atoms with van der Waals surface area (Å²) in [5, 5.41) is 10.9. The smallest absolute Gasteiger partial charge is 0.226 e. The summed E-state index contributed by atoms with van der Waals surface area (Å²) in [6.45, 7) is 0.643. The molecule has 0 aliphatic carbocycles. The second-order valence-electron chi connectivity index (χ2n) is 6.04. The Hall–Kier alpha value is -1.91. The van der Waals surface area contributed by atoms with Crippen LogP contribution in [0.25, 0.3) is 0 Å². The van der Waals surface area contributed by atoms with E-state index in [2.05, 4.69) is 0 Å². The number of carbonyl (C=O) groups is 1. The Morgan fingerprint density at radius 3 is 2.83 bits per heavy atom. The zero-order chi connectivity index (χ0) is 17.1. The highest BCUT2D eigenvalue weighted by atomic mass is 35.5. The monoisotopic (exact) mass is 347 g/mol. The minimum atomic E-state index is -1.01. The molecule has 1 N–H and O–H groups in total. The molecule has 2 aromatic carbocycles. The molecular formula is C19H19ClFNO2. The molecule has 0 spiro atoms. The van der Waals surface area contributed by atoms with Gasteiger partial charge in [0.2, 0.25) is 5.91 Å². The third kappa shape index (κ3) is 3.60. The first kappa shape index (κ1) is 16.9. The summed E-state index contributed by atoms with van der Waals surface area (Å²) in [6.07, 6.45) is 0.675. The molecule has 1 aliphatic rings. The third-order valence-corrected chi connectivity index (χ3v) is 4.78. The molecule has 1 fully saturated rings. The summed E-state index contributed by atoms with van der Waals surface area (Å²) in [7, 11) is 0. The third-order valence-electron chi connectivity index (χ3n) is 4.44. The first-order valence-corrected chi connectivity index (χ1v) is 8.41. The van der Waals surface area contributed by atoms with Crippen molar-refractivity contribution in [1.82, 2.24) is 4.90 Å². The fourth-order valence-corrected chi connectivity index (χ4v) is 3.51. The van der Waals surface area contributed by atoms with Crippen LogP contribution >= 0.6 is 11.6 Å².